The Kier molecular flexibility index (Phi) is 4.28. The van der Waals surface area contributed by atoms with Gasteiger partial charge in [-0.15, -0.1) is 0 Å². The van der Waals surface area contributed by atoms with Crippen LogP contribution in [0.4, 0.5) is 11.8 Å². The van der Waals surface area contributed by atoms with Gasteiger partial charge in [-0.2, -0.15) is 4.98 Å². The number of aliphatic hydroxyl groups is 1. The van der Waals surface area contributed by atoms with Gasteiger partial charge < -0.3 is 21.5 Å². The highest BCUT2D eigenvalue weighted by Crippen LogP contribution is 2.27. The molecule has 0 aliphatic heterocycles. The highest BCUT2D eigenvalue weighted by molar-refractivity contribution is 5.97. The average molecular weight is 323 g/mol. The van der Waals surface area contributed by atoms with Crippen molar-refractivity contribution < 1.29 is 12.6 Å². The molecule has 1 amide bonds. The molecule has 1 fully saturated rings. The minimum absolute atomic E-state index is 0.0865. The maximum atomic E-state index is 11.7. The Morgan fingerprint density at radius 1 is 1.52 bits per heavy atom. The van der Waals surface area contributed by atoms with Crippen LogP contribution in [0, 0.1) is 5.92 Å². The predicted molar refractivity (Wildman–Crippen MR) is 90.4 cm³/mol. The van der Waals surface area contributed by atoms with Gasteiger partial charge in [0.15, 0.2) is 0 Å². The summed E-state index contributed by atoms with van der Waals surface area (Å²) in [7, 11) is 0. The van der Waals surface area contributed by atoms with Crippen molar-refractivity contribution in [2.45, 2.75) is 64.6 Å². The Labute approximate surface area is 139 Å². The van der Waals surface area contributed by atoms with Crippen LogP contribution in [-0.4, -0.2) is 38.7 Å². The number of hydrogen-bond donors (Lipinski definition) is 4. The fraction of sp³-hybridized carbons (Fsp3) is 0.688. The van der Waals surface area contributed by atoms with Crippen molar-refractivity contribution in [3.8, 4) is 0 Å². The van der Waals surface area contributed by atoms with Crippen molar-refractivity contribution >= 4 is 17.7 Å². The van der Waals surface area contributed by atoms with Gasteiger partial charge >= 0.3 is 0 Å². The van der Waals surface area contributed by atoms with Crippen molar-refractivity contribution in [1.82, 2.24) is 9.97 Å². The zero-order chi connectivity index (χ0) is 19.0. The minimum atomic E-state index is -1.55. The number of aromatic nitrogens is 2. The maximum absolute atomic E-state index is 11.7. The van der Waals surface area contributed by atoms with Gasteiger partial charge in [0.1, 0.15) is 5.82 Å². The number of carbonyl (C=O) groups excluding carboxylic acids is 1. The lowest BCUT2D eigenvalue weighted by Gasteiger charge is -2.32. The molecule has 7 nitrogen and oxygen atoms in total. The highest BCUT2D eigenvalue weighted by atomic mass is 16.3. The summed E-state index contributed by atoms with van der Waals surface area (Å²) in [5, 5.41) is 16.2. The minimum Gasteiger partial charge on any atom is -0.393 e. The molecule has 0 saturated heterocycles. The van der Waals surface area contributed by atoms with Gasteiger partial charge in [-0.3, -0.25) is 4.79 Å². The van der Waals surface area contributed by atoms with E-state index in [0.717, 1.165) is 0 Å². The van der Waals surface area contributed by atoms with Crippen LogP contribution in [0.2, 0.25) is 0 Å². The zero-order valence-corrected chi connectivity index (χ0v) is 14.1. The summed E-state index contributed by atoms with van der Waals surface area (Å²) in [5.41, 5.74) is 5.20. The summed E-state index contributed by atoms with van der Waals surface area (Å²) in [6, 6.07) is -0.686. The summed E-state index contributed by atoms with van der Waals surface area (Å²) >= 11 is 0. The molecule has 1 aliphatic carbocycles. The van der Waals surface area contributed by atoms with E-state index in [-0.39, 0.29) is 35.7 Å². The van der Waals surface area contributed by atoms with Gasteiger partial charge in [-0.1, -0.05) is 6.92 Å². The van der Waals surface area contributed by atoms with E-state index in [2.05, 4.69) is 20.6 Å². The van der Waals surface area contributed by atoms with Crippen molar-refractivity contribution in [2.75, 3.05) is 10.6 Å². The molecule has 0 aromatic carbocycles. The molecule has 1 saturated carbocycles. The summed E-state index contributed by atoms with van der Waals surface area (Å²) in [5.74, 6) is -0.350. The van der Waals surface area contributed by atoms with Crippen molar-refractivity contribution in [1.29, 1.82) is 0 Å². The average Bonchev–Trinajstić information content (AvgIpc) is 2.42. The largest absolute Gasteiger partial charge is 0.393 e. The highest BCUT2D eigenvalue weighted by Gasteiger charge is 2.27. The number of carbonyl (C=O) groups is 1. The van der Waals surface area contributed by atoms with Crippen LogP contribution in [0.15, 0.2) is 6.20 Å². The zero-order valence-electron chi connectivity index (χ0n) is 16.1. The standard InChI is InChI=1S/C16H27N5O2/c1-9-5-6-10(7-12(9)22)19-14-11(13(17)23)8-18-15(20-14)21-16(2,3)4/h8-10,12,22H,5-7H2,1-4H3,(H2,17,23)(H2,18,19,20,21)/i6D2. The lowest BCUT2D eigenvalue weighted by Crippen LogP contribution is -2.36. The smallest absolute Gasteiger partial charge is 0.254 e. The number of rotatable bonds is 4. The quantitative estimate of drug-likeness (QED) is 0.671. The molecule has 0 bridgehead atoms. The second-order valence-corrected chi connectivity index (χ2v) is 7.08. The fourth-order valence-electron chi connectivity index (χ4n) is 2.36. The fourth-order valence-corrected chi connectivity index (χ4v) is 2.36. The molecular weight excluding hydrogens is 294 g/mol. The van der Waals surface area contributed by atoms with Crippen molar-refractivity contribution in [2.24, 2.45) is 11.7 Å². The molecule has 128 valence electrons. The molecule has 5 N–H and O–H groups in total. The molecule has 7 heteroatoms. The maximum Gasteiger partial charge on any atom is 0.254 e. The summed E-state index contributed by atoms with van der Waals surface area (Å²) in [6.45, 7) is 7.67. The molecule has 0 spiro atoms. The number of nitrogens with one attached hydrogen (secondary N) is 2. The van der Waals surface area contributed by atoms with Crippen LogP contribution >= 0.6 is 0 Å². The molecule has 1 heterocycles. The van der Waals surface area contributed by atoms with Crippen molar-refractivity contribution in [3.63, 3.8) is 0 Å². The van der Waals surface area contributed by atoms with Crippen LogP contribution in [0.5, 0.6) is 0 Å². The molecule has 23 heavy (non-hydrogen) atoms. The Balaban J connectivity index is 2.32. The number of amides is 1. The molecule has 1 aromatic rings. The van der Waals surface area contributed by atoms with E-state index in [4.69, 9.17) is 8.48 Å². The third-order valence-electron chi connectivity index (χ3n) is 3.67. The van der Waals surface area contributed by atoms with Gasteiger partial charge in [0, 0.05) is 20.5 Å². The van der Waals surface area contributed by atoms with Gasteiger partial charge in [-0.05, 0) is 45.9 Å². The van der Waals surface area contributed by atoms with Crippen LogP contribution in [0.25, 0.3) is 0 Å². The van der Waals surface area contributed by atoms with Crippen LogP contribution in [-0.2, 0) is 0 Å². The van der Waals surface area contributed by atoms with E-state index in [1.165, 1.54) is 6.20 Å². The van der Waals surface area contributed by atoms with Crippen LogP contribution in [0.3, 0.4) is 0 Å². The molecule has 3 atom stereocenters. The van der Waals surface area contributed by atoms with Gasteiger partial charge in [-0.25, -0.2) is 4.98 Å². The van der Waals surface area contributed by atoms with E-state index in [9.17, 15) is 9.90 Å². The molecule has 1 aromatic heterocycles. The molecule has 3 unspecified atom stereocenters. The van der Waals surface area contributed by atoms with Gasteiger partial charge in [0.2, 0.25) is 5.95 Å². The van der Waals surface area contributed by atoms with E-state index in [0.29, 0.717) is 5.95 Å². The SMILES string of the molecule is [2H]C1([2H])CC(C)C(O)CC1Nc1nc(NC(C)(C)C)ncc1C(N)=O. The van der Waals surface area contributed by atoms with Gasteiger partial charge in [0.25, 0.3) is 5.91 Å². The predicted octanol–water partition coefficient (Wildman–Crippen LogP) is 1.75. The Hall–Kier alpha value is -1.89. The van der Waals surface area contributed by atoms with E-state index in [1.54, 1.807) is 0 Å². The molecule has 2 rings (SSSR count). The van der Waals surface area contributed by atoms with Crippen LogP contribution in [0.1, 0.15) is 60.0 Å². The number of aliphatic hydroxyl groups excluding tert-OH is 1. The second-order valence-electron chi connectivity index (χ2n) is 7.08. The summed E-state index contributed by atoms with van der Waals surface area (Å²) in [4.78, 5) is 20.1. The van der Waals surface area contributed by atoms with E-state index < -0.39 is 24.4 Å². The number of anilines is 2. The number of nitrogens with zero attached hydrogens (tertiary/aromatic N) is 2. The van der Waals surface area contributed by atoms with E-state index in [1.807, 2.05) is 27.7 Å². The first-order valence-electron chi connectivity index (χ1n) is 8.79. The number of nitrogens with two attached hydrogens (primary N) is 1. The monoisotopic (exact) mass is 323 g/mol. The number of primary amides is 1. The normalized spacial score (nSPS) is 28.5. The lowest BCUT2D eigenvalue weighted by molar-refractivity contribution is 0.0739. The van der Waals surface area contributed by atoms with Gasteiger partial charge in [0.05, 0.1) is 11.7 Å². The van der Waals surface area contributed by atoms with Crippen molar-refractivity contribution in [3.05, 3.63) is 11.8 Å². The summed E-state index contributed by atoms with van der Waals surface area (Å²) < 4.78 is 16.5. The molecule has 1 aliphatic rings. The first-order valence-corrected chi connectivity index (χ1v) is 7.79. The Morgan fingerprint density at radius 2 is 2.22 bits per heavy atom. The van der Waals surface area contributed by atoms with Crippen LogP contribution < -0.4 is 16.4 Å². The third kappa shape index (κ3) is 4.79. The summed E-state index contributed by atoms with van der Waals surface area (Å²) in [6.07, 6.45) is -0.402. The lowest BCUT2D eigenvalue weighted by atomic mass is 9.85. The third-order valence-corrected chi connectivity index (χ3v) is 3.67. The Morgan fingerprint density at radius 3 is 2.83 bits per heavy atom. The Bertz CT molecular complexity index is 648. The number of hydrogen-bond acceptors (Lipinski definition) is 6. The first kappa shape index (κ1) is 14.7. The second kappa shape index (κ2) is 6.70. The topological polar surface area (TPSA) is 113 Å². The van der Waals surface area contributed by atoms with E-state index >= 15 is 0 Å². The first-order chi connectivity index (χ1) is 11.4. The molecular formula is C16H27N5O2. The molecule has 0 radical (unpaired) electrons.